The number of benzene rings is 3. The lowest BCUT2D eigenvalue weighted by Gasteiger charge is -2.12. The highest BCUT2D eigenvalue weighted by Crippen LogP contribution is 2.37. The molecule has 2 nitrogen and oxygen atoms in total. The standard InChI is InChI=1S/C21H19NO/c1-23-19-9-5-8-17(13-19)21-14-18-12-16(10-11-20(18)22-21)15-6-3-2-4-7-15/h2-13,21-22H,14H2,1H3. The number of anilines is 1. The smallest absolute Gasteiger partial charge is 0.119 e. The fraction of sp³-hybridized carbons (Fsp3) is 0.143. The number of hydrogen-bond donors (Lipinski definition) is 1. The molecule has 0 saturated carbocycles. The van der Waals surface area contributed by atoms with Gasteiger partial charge in [0.05, 0.1) is 13.2 Å². The van der Waals surface area contributed by atoms with E-state index >= 15 is 0 Å². The van der Waals surface area contributed by atoms with Crippen LogP contribution in [0, 0.1) is 0 Å². The summed E-state index contributed by atoms with van der Waals surface area (Å²) in [6.07, 6.45) is 1.00. The van der Waals surface area contributed by atoms with E-state index in [0.717, 1.165) is 12.2 Å². The van der Waals surface area contributed by atoms with Crippen molar-refractivity contribution in [3.8, 4) is 16.9 Å². The Kier molecular flexibility index (Phi) is 3.51. The van der Waals surface area contributed by atoms with Crippen LogP contribution in [-0.4, -0.2) is 7.11 Å². The molecule has 0 fully saturated rings. The van der Waals surface area contributed by atoms with Crippen molar-refractivity contribution in [2.24, 2.45) is 0 Å². The Labute approximate surface area is 136 Å². The van der Waals surface area contributed by atoms with Crippen LogP contribution in [0.5, 0.6) is 5.75 Å². The zero-order chi connectivity index (χ0) is 15.6. The Balaban J connectivity index is 1.62. The Hall–Kier alpha value is -2.74. The molecule has 1 aliphatic heterocycles. The van der Waals surface area contributed by atoms with Gasteiger partial charge in [-0.1, -0.05) is 48.5 Å². The predicted molar refractivity (Wildman–Crippen MR) is 94.9 cm³/mol. The van der Waals surface area contributed by atoms with Gasteiger partial charge >= 0.3 is 0 Å². The SMILES string of the molecule is COc1cccc(C2Cc3cc(-c4ccccc4)ccc3N2)c1. The molecule has 1 N–H and O–H groups in total. The van der Waals surface area contributed by atoms with E-state index < -0.39 is 0 Å². The van der Waals surface area contributed by atoms with E-state index in [9.17, 15) is 0 Å². The van der Waals surface area contributed by atoms with E-state index in [0.29, 0.717) is 6.04 Å². The molecule has 3 aromatic carbocycles. The van der Waals surface area contributed by atoms with Crippen LogP contribution in [-0.2, 0) is 6.42 Å². The molecule has 0 aliphatic carbocycles. The summed E-state index contributed by atoms with van der Waals surface area (Å²) in [5, 5.41) is 3.63. The van der Waals surface area contributed by atoms with Crippen LogP contribution in [0.25, 0.3) is 11.1 Å². The molecular formula is C21H19NO. The largest absolute Gasteiger partial charge is 0.497 e. The Morgan fingerprint density at radius 2 is 1.74 bits per heavy atom. The minimum Gasteiger partial charge on any atom is -0.497 e. The van der Waals surface area contributed by atoms with Gasteiger partial charge in [-0.2, -0.15) is 0 Å². The molecule has 0 amide bonds. The normalized spacial score (nSPS) is 15.8. The van der Waals surface area contributed by atoms with Gasteiger partial charge in [0.25, 0.3) is 0 Å². The van der Waals surface area contributed by atoms with Crippen LogP contribution in [0.4, 0.5) is 5.69 Å². The molecule has 1 aliphatic rings. The second kappa shape index (κ2) is 5.81. The van der Waals surface area contributed by atoms with Crippen molar-refractivity contribution >= 4 is 5.69 Å². The second-order valence-corrected chi connectivity index (χ2v) is 5.92. The number of rotatable bonds is 3. The molecule has 0 spiro atoms. The van der Waals surface area contributed by atoms with E-state index in [1.807, 2.05) is 12.1 Å². The first-order valence-electron chi connectivity index (χ1n) is 7.92. The summed E-state index contributed by atoms with van der Waals surface area (Å²) >= 11 is 0. The third kappa shape index (κ3) is 2.68. The number of fused-ring (bicyclic) bond motifs is 1. The minimum absolute atomic E-state index is 0.311. The van der Waals surface area contributed by atoms with Gasteiger partial charge in [-0.15, -0.1) is 0 Å². The van der Waals surface area contributed by atoms with Crippen LogP contribution < -0.4 is 10.1 Å². The summed E-state index contributed by atoms with van der Waals surface area (Å²) in [5.74, 6) is 0.908. The van der Waals surface area contributed by atoms with Crippen molar-refractivity contribution in [2.45, 2.75) is 12.5 Å². The third-order valence-corrected chi connectivity index (χ3v) is 4.46. The summed E-state index contributed by atoms with van der Waals surface area (Å²) in [6.45, 7) is 0. The van der Waals surface area contributed by atoms with Gasteiger partial charge in [0.15, 0.2) is 0 Å². The average molecular weight is 301 g/mol. The van der Waals surface area contributed by atoms with E-state index in [1.165, 1.54) is 27.9 Å². The summed E-state index contributed by atoms with van der Waals surface area (Å²) in [7, 11) is 1.71. The zero-order valence-electron chi connectivity index (χ0n) is 13.1. The van der Waals surface area contributed by atoms with Crippen molar-refractivity contribution in [2.75, 3.05) is 12.4 Å². The number of ether oxygens (including phenoxy) is 1. The highest BCUT2D eigenvalue weighted by Gasteiger charge is 2.22. The van der Waals surface area contributed by atoms with Gasteiger partial charge in [0, 0.05) is 5.69 Å². The predicted octanol–water partition coefficient (Wildman–Crippen LogP) is 5.07. The lowest BCUT2D eigenvalue weighted by Crippen LogP contribution is -2.05. The van der Waals surface area contributed by atoms with Crippen molar-refractivity contribution in [3.05, 3.63) is 83.9 Å². The van der Waals surface area contributed by atoms with E-state index in [1.54, 1.807) is 7.11 Å². The Bertz CT molecular complexity index is 826. The van der Waals surface area contributed by atoms with Crippen molar-refractivity contribution in [1.82, 2.24) is 0 Å². The molecule has 0 aromatic heterocycles. The fourth-order valence-corrected chi connectivity index (χ4v) is 3.23. The van der Waals surface area contributed by atoms with E-state index in [-0.39, 0.29) is 0 Å². The number of hydrogen-bond acceptors (Lipinski definition) is 2. The summed E-state index contributed by atoms with van der Waals surface area (Å²) < 4.78 is 5.34. The fourth-order valence-electron chi connectivity index (χ4n) is 3.23. The van der Waals surface area contributed by atoms with Crippen molar-refractivity contribution < 1.29 is 4.74 Å². The van der Waals surface area contributed by atoms with Crippen LogP contribution in [0.1, 0.15) is 17.2 Å². The molecular weight excluding hydrogens is 282 g/mol. The lowest BCUT2D eigenvalue weighted by atomic mass is 9.99. The van der Waals surface area contributed by atoms with E-state index in [4.69, 9.17) is 4.74 Å². The molecule has 3 aromatic rings. The summed E-state index contributed by atoms with van der Waals surface area (Å²) in [5.41, 5.74) is 6.41. The van der Waals surface area contributed by atoms with E-state index in [2.05, 4.69) is 66.0 Å². The highest BCUT2D eigenvalue weighted by molar-refractivity contribution is 5.70. The summed E-state index contributed by atoms with van der Waals surface area (Å²) in [6, 6.07) is 25.8. The highest BCUT2D eigenvalue weighted by atomic mass is 16.5. The number of nitrogens with one attached hydrogen (secondary N) is 1. The molecule has 4 rings (SSSR count). The lowest BCUT2D eigenvalue weighted by molar-refractivity contribution is 0.414. The molecule has 1 unspecified atom stereocenters. The monoisotopic (exact) mass is 301 g/mol. The molecule has 23 heavy (non-hydrogen) atoms. The molecule has 0 bridgehead atoms. The first-order chi connectivity index (χ1) is 11.3. The Morgan fingerprint density at radius 3 is 2.57 bits per heavy atom. The minimum atomic E-state index is 0.311. The maximum absolute atomic E-state index is 5.34. The molecule has 0 radical (unpaired) electrons. The van der Waals surface area contributed by atoms with Crippen LogP contribution in [0.3, 0.4) is 0 Å². The van der Waals surface area contributed by atoms with Gasteiger partial charge in [-0.05, 0) is 52.9 Å². The van der Waals surface area contributed by atoms with Crippen LogP contribution in [0.2, 0.25) is 0 Å². The second-order valence-electron chi connectivity index (χ2n) is 5.92. The first kappa shape index (κ1) is 13.9. The zero-order valence-corrected chi connectivity index (χ0v) is 13.1. The summed E-state index contributed by atoms with van der Waals surface area (Å²) in [4.78, 5) is 0. The molecule has 2 heteroatoms. The average Bonchev–Trinajstić information content (AvgIpc) is 3.06. The Morgan fingerprint density at radius 1 is 0.870 bits per heavy atom. The quantitative estimate of drug-likeness (QED) is 0.729. The van der Waals surface area contributed by atoms with Crippen molar-refractivity contribution in [1.29, 1.82) is 0 Å². The first-order valence-corrected chi connectivity index (χ1v) is 7.92. The molecule has 0 saturated heterocycles. The van der Waals surface area contributed by atoms with Gasteiger partial charge in [-0.3, -0.25) is 0 Å². The van der Waals surface area contributed by atoms with Crippen molar-refractivity contribution in [3.63, 3.8) is 0 Å². The van der Waals surface area contributed by atoms with Crippen LogP contribution >= 0.6 is 0 Å². The molecule has 114 valence electrons. The number of methoxy groups -OCH3 is 1. The van der Waals surface area contributed by atoms with Gasteiger partial charge in [0.2, 0.25) is 0 Å². The maximum atomic E-state index is 5.34. The molecule has 1 atom stereocenters. The molecule has 1 heterocycles. The topological polar surface area (TPSA) is 21.3 Å². The van der Waals surface area contributed by atoms with Gasteiger partial charge in [0.1, 0.15) is 5.75 Å². The van der Waals surface area contributed by atoms with Gasteiger partial charge < -0.3 is 10.1 Å². The van der Waals surface area contributed by atoms with Gasteiger partial charge in [-0.25, -0.2) is 0 Å². The third-order valence-electron chi connectivity index (χ3n) is 4.46. The van der Waals surface area contributed by atoms with Crippen LogP contribution in [0.15, 0.2) is 72.8 Å². The maximum Gasteiger partial charge on any atom is 0.119 e.